The van der Waals surface area contributed by atoms with Gasteiger partial charge in [-0.15, -0.1) is 0 Å². The van der Waals surface area contributed by atoms with E-state index in [0.29, 0.717) is 11.3 Å². The molecule has 0 heterocycles. The van der Waals surface area contributed by atoms with Crippen LogP contribution in [0.4, 0.5) is 0 Å². The van der Waals surface area contributed by atoms with Crippen LogP contribution in [0.1, 0.15) is 34.3 Å². The molecule has 1 aliphatic rings. The van der Waals surface area contributed by atoms with Crippen molar-refractivity contribution in [3.8, 4) is 5.75 Å². The highest BCUT2D eigenvalue weighted by molar-refractivity contribution is 5.74. The predicted molar refractivity (Wildman–Crippen MR) is 92.7 cm³/mol. The van der Waals surface area contributed by atoms with Gasteiger partial charge in [0.25, 0.3) is 0 Å². The first kappa shape index (κ1) is 17.5. The monoisotopic (exact) mass is 342 g/mol. The van der Waals surface area contributed by atoms with Gasteiger partial charge in [0.1, 0.15) is 5.75 Å². The van der Waals surface area contributed by atoms with E-state index in [0.717, 1.165) is 16.7 Å². The lowest BCUT2D eigenvalue weighted by Gasteiger charge is -2.40. The molecule has 1 aliphatic carbocycles. The fourth-order valence-electron chi connectivity index (χ4n) is 3.93. The van der Waals surface area contributed by atoms with E-state index in [4.69, 9.17) is 4.74 Å². The van der Waals surface area contributed by atoms with Crippen LogP contribution >= 0.6 is 0 Å². The van der Waals surface area contributed by atoms with Gasteiger partial charge in [0.2, 0.25) is 0 Å². The zero-order valence-electron chi connectivity index (χ0n) is 14.2. The molecule has 25 heavy (non-hydrogen) atoms. The number of methoxy groups -OCH3 is 1. The molecule has 132 valence electrons. The van der Waals surface area contributed by atoms with Crippen molar-refractivity contribution in [2.24, 2.45) is 11.8 Å². The summed E-state index contributed by atoms with van der Waals surface area (Å²) in [4.78, 5) is 12.0. The minimum atomic E-state index is -1.04. The number of carboxylic acid groups (broad SMARTS) is 1. The fourth-order valence-corrected chi connectivity index (χ4v) is 3.93. The van der Waals surface area contributed by atoms with E-state index in [1.54, 1.807) is 7.11 Å². The normalized spacial score (nSPS) is 25.3. The van der Waals surface area contributed by atoms with E-state index in [1.165, 1.54) is 0 Å². The van der Waals surface area contributed by atoms with Gasteiger partial charge >= 0.3 is 5.97 Å². The Labute approximate surface area is 146 Å². The smallest absolute Gasteiger partial charge is 0.307 e. The average Bonchev–Trinajstić information content (AvgIpc) is 2.62. The van der Waals surface area contributed by atoms with Crippen LogP contribution in [0.25, 0.3) is 0 Å². The number of rotatable bonds is 4. The van der Waals surface area contributed by atoms with Crippen LogP contribution in [0.5, 0.6) is 5.75 Å². The Bertz CT molecular complexity index is 771. The summed E-state index contributed by atoms with van der Waals surface area (Å²) in [5.41, 5.74) is 3.09. The number of carboxylic acids is 1. The third kappa shape index (κ3) is 2.90. The van der Waals surface area contributed by atoms with E-state index in [9.17, 15) is 20.1 Å². The van der Waals surface area contributed by atoms with E-state index in [2.05, 4.69) is 0 Å². The maximum atomic E-state index is 12.0. The lowest BCUT2D eigenvalue weighted by Crippen LogP contribution is -2.40. The first-order chi connectivity index (χ1) is 12.0. The van der Waals surface area contributed by atoms with E-state index in [-0.39, 0.29) is 0 Å². The van der Waals surface area contributed by atoms with Crippen LogP contribution in [0.15, 0.2) is 42.5 Å². The highest BCUT2D eigenvalue weighted by Gasteiger charge is 2.46. The minimum absolute atomic E-state index is 0.397. The lowest BCUT2D eigenvalue weighted by molar-refractivity contribution is -0.148. The number of aliphatic carboxylic acids is 1. The molecule has 0 aromatic heterocycles. The summed E-state index contributed by atoms with van der Waals surface area (Å²) in [5, 5.41) is 30.4. The van der Waals surface area contributed by atoms with Crippen molar-refractivity contribution >= 4 is 5.97 Å². The molecule has 3 rings (SSSR count). The first-order valence-electron chi connectivity index (χ1n) is 8.24. The SMILES string of the molecule is COc1cc2c(cc1C)C(O)C(CO)[C@@H](C(=O)O)[C@@H]2c1ccccc1. The molecule has 0 spiro atoms. The molecular formula is C20H22O5. The van der Waals surface area contributed by atoms with Gasteiger partial charge in [0.15, 0.2) is 0 Å². The van der Waals surface area contributed by atoms with Crippen molar-refractivity contribution < 1.29 is 24.9 Å². The minimum Gasteiger partial charge on any atom is -0.496 e. The van der Waals surface area contributed by atoms with E-state index in [1.807, 2.05) is 49.4 Å². The Morgan fingerprint density at radius 3 is 2.40 bits per heavy atom. The van der Waals surface area contributed by atoms with Crippen LogP contribution in [0.3, 0.4) is 0 Å². The molecule has 2 unspecified atom stereocenters. The number of hydrogen-bond donors (Lipinski definition) is 3. The summed E-state index contributed by atoms with van der Waals surface area (Å²) in [6.07, 6.45) is -1.04. The number of aliphatic hydroxyl groups excluding tert-OH is 2. The number of aryl methyl sites for hydroxylation is 1. The van der Waals surface area contributed by atoms with Crippen LogP contribution in [-0.4, -0.2) is 35.0 Å². The van der Waals surface area contributed by atoms with Gasteiger partial charge in [-0.3, -0.25) is 4.79 Å². The van der Waals surface area contributed by atoms with Gasteiger partial charge < -0.3 is 20.1 Å². The van der Waals surface area contributed by atoms with E-state index >= 15 is 0 Å². The maximum Gasteiger partial charge on any atom is 0.307 e. The zero-order valence-corrected chi connectivity index (χ0v) is 14.2. The van der Waals surface area contributed by atoms with Gasteiger partial charge in [0, 0.05) is 18.4 Å². The molecule has 3 N–H and O–H groups in total. The standard InChI is InChI=1S/C20H22O5/c1-11-8-14-13(9-16(11)25-2)17(12-6-4-3-5-7-12)18(20(23)24)15(10-21)19(14)22/h3-9,15,17-19,21-22H,10H2,1-2H3,(H,23,24)/t15?,17-,18-,19?/m1/s1. The number of benzene rings is 2. The second-order valence-electron chi connectivity index (χ2n) is 6.49. The Morgan fingerprint density at radius 2 is 1.84 bits per heavy atom. The molecule has 0 saturated carbocycles. The van der Waals surface area contributed by atoms with Crippen molar-refractivity contribution in [3.05, 3.63) is 64.7 Å². The van der Waals surface area contributed by atoms with Gasteiger partial charge in [-0.05, 0) is 41.3 Å². The molecule has 2 aromatic rings. The molecule has 5 heteroatoms. The molecule has 0 aliphatic heterocycles. The molecule has 0 fully saturated rings. The van der Waals surface area contributed by atoms with Crippen LogP contribution in [0, 0.1) is 18.8 Å². The fraction of sp³-hybridized carbons (Fsp3) is 0.350. The topological polar surface area (TPSA) is 87.0 Å². The molecule has 2 aromatic carbocycles. The second kappa shape index (κ2) is 6.86. The Kier molecular flexibility index (Phi) is 4.79. The Balaban J connectivity index is 2.28. The molecule has 4 atom stereocenters. The van der Waals surface area contributed by atoms with Crippen molar-refractivity contribution in [2.45, 2.75) is 18.9 Å². The van der Waals surface area contributed by atoms with Crippen LogP contribution < -0.4 is 4.74 Å². The van der Waals surface area contributed by atoms with Gasteiger partial charge in [-0.25, -0.2) is 0 Å². The summed E-state index contributed by atoms with van der Waals surface area (Å²) in [5.74, 6) is -2.55. The third-order valence-corrected chi connectivity index (χ3v) is 5.13. The molecule has 5 nitrogen and oxygen atoms in total. The largest absolute Gasteiger partial charge is 0.496 e. The van der Waals surface area contributed by atoms with Gasteiger partial charge in [-0.1, -0.05) is 30.3 Å². The zero-order chi connectivity index (χ0) is 18.1. The van der Waals surface area contributed by atoms with Gasteiger partial charge in [-0.2, -0.15) is 0 Å². The van der Waals surface area contributed by atoms with Crippen LogP contribution in [0.2, 0.25) is 0 Å². The Morgan fingerprint density at radius 1 is 1.16 bits per heavy atom. The quantitative estimate of drug-likeness (QED) is 0.795. The summed E-state index contributed by atoms with van der Waals surface area (Å²) in [7, 11) is 1.57. The predicted octanol–water partition coefficient (Wildman–Crippen LogP) is 2.49. The van der Waals surface area contributed by atoms with E-state index < -0.39 is 36.4 Å². The molecular weight excluding hydrogens is 320 g/mol. The summed E-state index contributed by atoms with van der Waals surface area (Å²) in [6, 6.07) is 13.0. The summed E-state index contributed by atoms with van der Waals surface area (Å²) >= 11 is 0. The highest BCUT2D eigenvalue weighted by Crippen LogP contribution is 2.49. The van der Waals surface area contributed by atoms with Crippen molar-refractivity contribution in [3.63, 3.8) is 0 Å². The molecule has 0 amide bonds. The van der Waals surface area contributed by atoms with Crippen molar-refractivity contribution in [1.29, 1.82) is 0 Å². The van der Waals surface area contributed by atoms with Gasteiger partial charge in [0.05, 0.1) is 19.1 Å². The van der Waals surface area contributed by atoms with Crippen molar-refractivity contribution in [1.82, 2.24) is 0 Å². The molecule has 0 saturated heterocycles. The number of fused-ring (bicyclic) bond motifs is 1. The van der Waals surface area contributed by atoms with Crippen molar-refractivity contribution in [2.75, 3.05) is 13.7 Å². The highest BCUT2D eigenvalue weighted by atomic mass is 16.5. The van der Waals surface area contributed by atoms with Crippen LogP contribution in [-0.2, 0) is 4.79 Å². The number of carbonyl (C=O) groups is 1. The number of ether oxygens (including phenoxy) is 1. The average molecular weight is 342 g/mol. The third-order valence-electron chi connectivity index (χ3n) is 5.13. The summed E-state index contributed by atoms with van der Waals surface area (Å²) < 4.78 is 5.40. The summed E-state index contributed by atoms with van der Waals surface area (Å²) in [6.45, 7) is 1.48. The lowest BCUT2D eigenvalue weighted by atomic mass is 9.65. The number of hydrogen-bond acceptors (Lipinski definition) is 4. The first-order valence-corrected chi connectivity index (χ1v) is 8.24. The Hall–Kier alpha value is -2.37. The maximum absolute atomic E-state index is 12.0. The molecule has 0 radical (unpaired) electrons. The number of aliphatic hydroxyl groups is 2. The molecule has 0 bridgehead atoms. The second-order valence-corrected chi connectivity index (χ2v) is 6.49.